The molecule has 7 aromatic rings. The van der Waals surface area contributed by atoms with Gasteiger partial charge in [-0.2, -0.15) is 0 Å². The molecular formula is C40H28N2S2. The van der Waals surface area contributed by atoms with Crippen molar-refractivity contribution in [2.24, 2.45) is 0 Å². The molecule has 7 rings (SSSR count). The van der Waals surface area contributed by atoms with Crippen molar-refractivity contribution in [2.75, 3.05) is 0 Å². The topological polar surface area (TPSA) is 25.8 Å². The molecule has 0 aliphatic carbocycles. The summed E-state index contributed by atoms with van der Waals surface area (Å²) in [5.41, 5.74) is 8.94. The zero-order valence-electron chi connectivity index (χ0n) is 23.9. The monoisotopic (exact) mass is 600 g/mol. The van der Waals surface area contributed by atoms with Crippen molar-refractivity contribution in [1.82, 2.24) is 9.97 Å². The average Bonchev–Trinajstić information content (AvgIpc) is 3.74. The number of aromatic nitrogens is 2. The SMILES string of the molecule is C(=Cc1nc(-c2ccccc2)c(-c2ccccc2)s1)c1ccc(C=Cc2nc(-c3ccccc3)c(-c3ccccc3)s2)cc1. The molecule has 44 heavy (non-hydrogen) atoms. The minimum atomic E-state index is 0.985. The molecule has 0 N–H and O–H groups in total. The Kier molecular flexibility index (Phi) is 8.18. The van der Waals surface area contributed by atoms with Gasteiger partial charge in [0.1, 0.15) is 10.0 Å². The van der Waals surface area contributed by atoms with Gasteiger partial charge in [0.05, 0.1) is 21.1 Å². The number of hydrogen-bond donors (Lipinski definition) is 0. The van der Waals surface area contributed by atoms with Gasteiger partial charge >= 0.3 is 0 Å². The van der Waals surface area contributed by atoms with Crippen LogP contribution in [0, 0.1) is 0 Å². The molecule has 0 saturated carbocycles. The van der Waals surface area contributed by atoms with E-state index in [9.17, 15) is 0 Å². The molecule has 0 unspecified atom stereocenters. The van der Waals surface area contributed by atoms with Gasteiger partial charge in [0.25, 0.3) is 0 Å². The Bertz CT molecular complexity index is 1760. The van der Waals surface area contributed by atoms with Gasteiger partial charge in [-0.05, 0) is 34.4 Å². The van der Waals surface area contributed by atoms with E-state index in [0.717, 1.165) is 43.7 Å². The number of rotatable bonds is 8. The van der Waals surface area contributed by atoms with E-state index >= 15 is 0 Å². The molecular weight excluding hydrogens is 573 g/mol. The Balaban J connectivity index is 1.11. The highest BCUT2D eigenvalue weighted by molar-refractivity contribution is 7.17. The fourth-order valence-electron chi connectivity index (χ4n) is 5.02. The van der Waals surface area contributed by atoms with Crippen molar-refractivity contribution < 1.29 is 0 Å². The summed E-state index contributed by atoms with van der Waals surface area (Å²) in [4.78, 5) is 12.4. The maximum atomic E-state index is 5.02. The summed E-state index contributed by atoms with van der Waals surface area (Å²) in [7, 11) is 0. The van der Waals surface area contributed by atoms with Crippen LogP contribution in [0.25, 0.3) is 67.7 Å². The van der Waals surface area contributed by atoms with Gasteiger partial charge in [0.15, 0.2) is 0 Å². The number of hydrogen-bond acceptors (Lipinski definition) is 4. The molecule has 4 heteroatoms. The molecule has 0 saturated heterocycles. The standard InChI is InChI=1S/C40H28N2S2/c1-5-13-31(14-6-1)37-39(33-17-9-3-10-18-33)43-35(41-37)27-25-29-21-23-30(24-22-29)26-28-36-42-38(32-15-7-2-8-16-32)40(44-36)34-19-11-4-12-20-34/h1-28H. The highest BCUT2D eigenvalue weighted by Crippen LogP contribution is 2.38. The Labute approximate surface area is 266 Å². The van der Waals surface area contributed by atoms with Gasteiger partial charge in [-0.15, -0.1) is 22.7 Å². The zero-order chi connectivity index (χ0) is 29.6. The van der Waals surface area contributed by atoms with Gasteiger partial charge in [-0.1, -0.05) is 158 Å². The second-order valence-corrected chi connectivity index (χ2v) is 12.3. The fourth-order valence-corrected chi connectivity index (χ4v) is 7.02. The Morgan fingerprint density at radius 3 is 1.00 bits per heavy atom. The van der Waals surface area contributed by atoms with E-state index in [1.807, 2.05) is 24.3 Å². The normalized spacial score (nSPS) is 11.5. The Morgan fingerprint density at radius 1 is 0.341 bits per heavy atom. The molecule has 2 nitrogen and oxygen atoms in total. The quantitative estimate of drug-likeness (QED) is 0.173. The number of benzene rings is 5. The maximum Gasteiger partial charge on any atom is 0.117 e. The first-order valence-corrected chi connectivity index (χ1v) is 16.1. The van der Waals surface area contributed by atoms with Crippen LogP contribution in [0.3, 0.4) is 0 Å². The third-order valence-electron chi connectivity index (χ3n) is 7.23. The second kappa shape index (κ2) is 13.0. The van der Waals surface area contributed by atoms with E-state index in [-0.39, 0.29) is 0 Å². The molecule has 2 heterocycles. The van der Waals surface area contributed by atoms with Crippen molar-refractivity contribution in [3.8, 4) is 43.4 Å². The summed E-state index contributed by atoms with van der Waals surface area (Å²) in [6, 6.07) is 50.4. The van der Waals surface area contributed by atoms with Crippen molar-refractivity contribution in [1.29, 1.82) is 0 Å². The van der Waals surface area contributed by atoms with E-state index < -0.39 is 0 Å². The molecule has 0 atom stereocenters. The predicted octanol–water partition coefficient (Wildman–Crippen LogP) is 11.6. The second-order valence-electron chi connectivity index (χ2n) is 10.3. The summed E-state index contributed by atoms with van der Waals surface area (Å²) >= 11 is 3.44. The summed E-state index contributed by atoms with van der Waals surface area (Å²) in [6.07, 6.45) is 8.49. The lowest BCUT2D eigenvalue weighted by molar-refractivity contribution is 1.38. The largest absolute Gasteiger partial charge is 0.236 e. The van der Waals surface area contributed by atoms with Gasteiger partial charge in [-0.25, -0.2) is 9.97 Å². The zero-order valence-corrected chi connectivity index (χ0v) is 25.5. The lowest BCUT2D eigenvalue weighted by Gasteiger charge is -2.02. The summed E-state index contributed by atoms with van der Waals surface area (Å²) in [5, 5.41) is 1.97. The number of nitrogens with zero attached hydrogens (tertiary/aromatic N) is 2. The van der Waals surface area contributed by atoms with Gasteiger partial charge < -0.3 is 0 Å². The van der Waals surface area contributed by atoms with Crippen LogP contribution in [0.15, 0.2) is 146 Å². The molecule has 0 radical (unpaired) electrons. The summed E-state index contributed by atoms with van der Waals surface area (Å²) in [6.45, 7) is 0. The van der Waals surface area contributed by atoms with Crippen LogP contribution < -0.4 is 0 Å². The maximum absolute atomic E-state index is 5.02. The van der Waals surface area contributed by atoms with Crippen molar-refractivity contribution in [3.05, 3.63) is 167 Å². The van der Waals surface area contributed by atoms with Crippen LogP contribution >= 0.6 is 22.7 Å². The molecule has 0 aliphatic rings. The van der Waals surface area contributed by atoms with Gasteiger partial charge in [0, 0.05) is 11.1 Å². The van der Waals surface area contributed by atoms with Crippen LogP contribution in [0.1, 0.15) is 21.1 Å². The molecule has 0 fully saturated rings. The van der Waals surface area contributed by atoms with E-state index in [4.69, 9.17) is 9.97 Å². The predicted molar refractivity (Wildman–Crippen MR) is 190 cm³/mol. The van der Waals surface area contributed by atoms with E-state index in [2.05, 4.69) is 146 Å². The average molecular weight is 601 g/mol. The van der Waals surface area contributed by atoms with Crippen molar-refractivity contribution in [3.63, 3.8) is 0 Å². The highest BCUT2D eigenvalue weighted by Gasteiger charge is 2.15. The minimum Gasteiger partial charge on any atom is -0.236 e. The van der Waals surface area contributed by atoms with Crippen molar-refractivity contribution >= 4 is 47.0 Å². The van der Waals surface area contributed by atoms with Gasteiger partial charge in [0.2, 0.25) is 0 Å². The number of thiazole rings is 2. The van der Waals surface area contributed by atoms with Crippen molar-refractivity contribution in [2.45, 2.75) is 0 Å². The molecule has 0 bridgehead atoms. The highest BCUT2D eigenvalue weighted by atomic mass is 32.1. The van der Waals surface area contributed by atoms with Crippen LogP contribution in [0.5, 0.6) is 0 Å². The first-order chi connectivity index (χ1) is 21.8. The minimum absolute atomic E-state index is 0.985. The molecule has 210 valence electrons. The first kappa shape index (κ1) is 27.7. The van der Waals surface area contributed by atoms with Gasteiger partial charge in [-0.3, -0.25) is 0 Å². The third-order valence-corrected chi connectivity index (χ3v) is 9.37. The molecule has 0 aliphatic heterocycles. The molecule has 0 amide bonds. The fraction of sp³-hybridized carbons (Fsp3) is 0. The molecule has 0 spiro atoms. The summed E-state index contributed by atoms with van der Waals surface area (Å²) in [5.74, 6) is 0. The van der Waals surface area contributed by atoms with E-state index in [1.54, 1.807) is 22.7 Å². The smallest absolute Gasteiger partial charge is 0.117 e. The van der Waals surface area contributed by atoms with Crippen LogP contribution in [-0.2, 0) is 0 Å². The van der Waals surface area contributed by atoms with Crippen LogP contribution in [-0.4, -0.2) is 9.97 Å². The molecule has 2 aromatic heterocycles. The van der Waals surface area contributed by atoms with E-state index in [0.29, 0.717) is 0 Å². The summed E-state index contributed by atoms with van der Waals surface area (Å²) < 4.78 is 0. The van der Waals surface area contributed by atoms with E-state index in [1.165, 1.54) is 20.9 Å². The molecule has 5 aromatic carbocycles. The first-order valence-electron chi connectivity index (χ1n) is 14.5. The Hall–Kier alpha value is -5.16. The Morgan fingerprint density at radius 2 is 0.659 bits per heavy atom. The lowest BCUT2D eigenvalue weighted by atomic mass is 10.1. The third kappa shape index (κ3) is 6.28. The van der Waals surface area contributed by atoms with Crippen LogP contribution in [0.4, 0.5) is 0 Å². The van der Waals surface area contributed by atoms with Crippen LogP contribution in [0.2, 0.25) is 0 Å². The lowest BCUT2D eigenvalue weighted by Crippen LogP contribution is -1.81.